The van der Waals surface area contributed by atoms with Crippen LogP contribution in [-0.2, 0) is 13.6 Å². The number of rotatable bonds is 13. The zero-order valence-electron chi connectivity index (χ0n) is 26.7. The second-order valence-electron chi connectivity index (χ2n) is 14.6. The largest absolute Gasteiger partial charge is 0.414 e. The van der Waals surface area contributed by atoms with E-state index in [9.17, 15) is 4.79 Å². The Hall–Kier alpha value is -0.756. The monoisotopic (exact) mass is 572 g/mol. The average Bonchev–Trinajstić information content (AvgIpc) is 3.24. The molecule has 0 aromatic heterocycles. The summed E-state index contributed by atoms with van der Waals surface area (Å²) < 4.78 is 13.9. The quantitative estimate of drug-likeness (QED) is 0.163. The minimum absolute atomic E-state index is 0.0730. The fraction of sp³-hybridized carbons (Fsp3) is 0.794. The molecule has 1 unspecified atom stereocenters. The third-order valence-corrected chi connectivity index (χ3v) is 15.3. The molecule has 5 heteroatoms. The summed E-state index contributed by atoms with van der Waals surface area (Å²) in [4.78, 5) is 11.7. The molecule has 6 atom stereocenters. The van der Waals surface area contributed by atoms with E-state index in [0.29, 0.717) is 11.8 Å². The van der Waals surface area contributed by atoms with Gasteiger partial charge in [0.25, 0.3) is 0 Å². The number of allylic oxidation sites excluding steroid dienone is 3. The molecule has 0 heterocycles. The minimum atomic E-state index is -1.77. The molecular formula is C34H60O3Si2. The highest BCUT2D eigenvalue weighted by Crippen LogP contribution is 2.59. The number of hydrogen-bond acceptors (Lipinski definition) is 3. The van der Waals surface area contributed by atoms with Gasteiger partial charge in [-0.3, -0.25) is 0 Å². The van der Waals surface area contributed by atoms with Crippen molar-refractivity contribution in [1.82, 2.24) is 0 Å². The zero-order chi connectivity index (χ0) is 28.8. The second-order valence-corrected chi connectivity index (χ2v) is 23.1. The van der Waals surface area contributed by atoms with E-state index in [1.54, 1.807) is 5.57 Å². The van der Waals surface area contributed by atoms with E-state index < -0.39 is 16.6 Å². The van der Waals surface area contributed by atoms with Crippen LogP contribution in [-0.4, -0.2) is 35.1 Å². The lowest BCUT2D eigenvalue weighted by Gasteiger charge is -2.43. The highest BCUT2D eigenvalue weighted by Gasteiger charge is 2.50. The molecule has 3 nitrogen and oxygen atoms in total. The predicted molar refractivity (Wildman–Crippen MR) is 172 cm³/mol. The van der Waals surface area contributed by atoms with Crippen LogP contribution in [0.5, 0.6) is 0 Å². The normalized spacial score (nSPS) is 33.0. The minimum Gasteiger partial charge on any atom is -0.414 e. The van der Waals surface area contributed by atoms with Gasteiger partial charge < -0.3 is 13.6 Å². The molecule has 0 spiro atoms. The molecule has 3 fully saturated rings. The fourth-order valence-corrected chi connectivity index (χ4v) is 12.8. The van der Waals surface area contributed by atoms with Gasteiger partial charge in [-0.2, -0.15) is 0 Å². The predicted octanol–water partition coefficient (Wildman–Crippen LogP) is 10.0. The van der Waals surface area contributed by atoms with E-state index in [2.05, 4.69) is 72.6 Å². The van der Waals surface area contributed by atoms with Gasteiger partial charge in [0.2, 0.25) is 0 Å². The maximum atomic E-state index is 11.7. The lowest BCUT2D eigenvalue weighted by molar-refractivity contribution is -0.113. The molecular weight excluding hydrogens is 513 g/mol. The van der Waals surface area contributed by atoms with Gasteiger partial charge in [0.1, 0.15) is 6.29 Å². The third kappa shape index (κ3) is 8.39. The van der Waals surface area contributed by atoms with Crippen LogP contribution in [0.25, 0.3) is 0 Å². The molecule has 3 saturated carbocycles. The van der Waals surface area contributed by atoms with Crippen molar-refractivity contribution in [2.75, 3.05) is 0 Å². The number of unbranched alkanes of at least 4 members (excludes halogenated alkanes) is 2. The van der Waals surface area contributed by atoms with Crippen LogP contribution in [0.15, 0.2) is 35.5 Å². The topological polar surface area (TPSA) is 35.5 Å². The summed E-state index contributed by atoms with van der Waals surface area (Å²) in [7, 11) is -3.50. The van der Waals surface area contributed by atoms with Crippen LogP contribution in [0.2, 0.25) is 38.3 Å². The molecule has 0 bridgehead atoms. The van der Waals surface area contributed by atoms with Crippen molar-refractivity contribution in [1.29, 1.82) is 0 Å². The molecule has 0 radical (unpaired) electrons. The molecule has 0 amide bonds. The smallest absolute Gasteiger partial charge is 0.187 e. The molecule has 0 N–H and O–H groups in total. The van der Waals surface area contributed by atoms with E-state index in [-0.39, 0.29) is 23.5 Å². The Balaban J connectivity index is 1.86. The number of carbonyl (C=O) groups is 1. The highest BCUT2D eigenvalue weighted by atomic mass is 28.4. The van der Waals surface area contributed by atoms with Crippen LogP contribution >= 0.6 is 0 Å². The van der Waals surface area contributed by atoms with E-state index in [0.717, 1.165) is 12.8 Å². The van der Waals surface area contributed by atoms with Crippen LogP contribution < -0.4 is 0 Å². The lowest BCUT2D eigenvalue weighted by atomic mass is 9.61. The lowest BCUT2D eigenvalue weighted by Crippen LogP contribution is -2.44. The van der Waals surface area contributed by atoms with Gasteiger partial charge in [-0.1, -0.05) is 77.7 Å². The third-order valence-electron chi connectivity index (χ3n) is 10.3. The molecule has 3 rings (SSSR count). The molecule has 3 aliphatic carbocycles. The summed E-state index contributed by atoms with van der Waals surface area (Å²) in [5, 5.41) is 0. The van der Waals surface area contributed by atoms with Crippen molar-refractivity contribution in [3.05, 3.63) is 35.5 Å². The zero-order valence-corrected chi connectivity index (χ0v) is 28.7. The van der Waals surface area contributed by atoms with Crippen molar-refractivity contribution < 1.29 is 13.6 Å². The van der Waals surface area contributed by atoms with Gasteiger partial charge in [0.15, 0.2) is 16.6 Å². The molecule has 0 saturated heterocycles. The van der Waals surface area contributed by atoms with E-state index in [1.807, 2.05) is 0 Å². The Morgan fingerprint density at radius 3 is 2.28 bits per heavy atom. The average molecular weight is 573 g/mol. The van der Waals surface area contributed by atoms with Gasteiger partial charge in [0, 0.05) is 12.3 Å². The van der Waals surface area contributed by atoms with Crippen LogP contribution in [0.3, 0.4) is 0 Å². The first-order chi connectivity index (χ1) is 18.4. The molecule has 0 aromatic carbocycles. The Morgan fingerprint density at radius 1 is 1.03 bits per heavy atom. The molecule has 222 valence electrons. The Labute approximate surface area is 243 Å². The number of fused-ring (bicyclic) bond motifs is 1. The number of carbonyl (C=O) groups excluding carboxylic acids is 1. The van der Waals surface area contributed by atoms with E-state index in [4.69, 9.17) is 8.85 Å². The maximum absolute atomic E-state index is 11.7. The Kier molecular flexibility index (Phi) is 11.7. The Morgan fingerprint density at radius 2 is 1.67 bits per heavy atom. The van der Waals surface area contributed by atoms with Crippen LogP contribution in [0.4, 0.5) is 0 Å². The standard InChI is InChI=1S/C34H60O3Si2/c1-10-12-21-38(6,7)36-30-23-29(27(4)33(24-30)37-39(8,9)22-13-11-2)17-16-28-15-14-20-34(5)31(26(3)25-35)18-19-32(28)34/h16-17,25-26,30-33H,4,10-15,18-24H2,1-3,5-9H3/b28-16+,29-17-/t26-,30-,31-,32?,33+,34-/m1/s1. The summed E-state index contributed by atoms with van der Waals surface area (Å²) in [6, 6.07) is 2.44. The van der Waals surface area contributed by atoms with Gasteiger partial charge in [-0.25, -0.2) is 0 Å². The summed E-state index contributed by atoms with van der Waals surface area (Å²) in [6.07, 6.45) is 19.3. The van der Waals surface area contributed by atoms with Crippen molar-refractivity contribution in [2.45, 2.75) is 149 Å². The van der Waals surface area contributed by atoms with E-state index in [1.165, 1.54) is 87.3 Å². The molecule has 39 heavy (non-hydrogen) atoms. The first-order valence-corrected chi connectivity index (χ1v) is 22.5. The van der Waals surface area contributed by atoms with Crippen molar-refractivity contribution >= 4 is 22.9 Å². The molecule has 0 aliphatic heterocycles. The van der Waals surface area contributed by atoms with Gasteiger partial charge >= 0.3 is 0 Å². The van der Waals surface area contributed by atoms with Gasteiger partial charge in [-0.05, 0) is 105 Å². The summed E-state index contributed by atoms with van der Waals surface area (Å²) in [5.74, 6) is 1.28. The van der Waals surface area contributed by atoms with Crippen LogP contribution in [0, 0.1) is 23.2 Å². The van der Waals surface area contributed by atoms with Crippen LogP contribution in [0.1, 0.15) is 98.3 Å². The summed E-state index contributed by atoms with van der Waals surface area (Å²) >= 11 is 0. The highest BCUT2D eigenvalue weighted by molar-refractivity contribution is 6.71. The summed E-state index contributed by atoms with van der Waals surface area (Å²) in [5.41, 5.74) is 4.38. The molecule has 0 aromatic rings. The van der Waals surface area contributed by atoms with Gasteiger partial charge in [-0.15, -0.1) is 0 Å². The first kappa shape index (κ1) is 32.8. The second kappa shape index (κ2) is 13.9. The number of hydrogen-bond donors (Lipinski definition) is 0. The van der Waals surface area contributed by atoms with Gasteiger partial charge in [0.05, 0.1) is 12.2 Å². The maximum Gasteiger partial charge on any atom is 0.187 e. The first-order valence-electron chi connectivity index (χ1n) is 16.3. The summed E-state index contributed by atoms with van der Waals surface area (Å²) in [6.45, 7) is 23.3. The van der Waals surface area contributed by atoms with E-state index >= 15 is 0 Å². The van der Waals surface area contributed by atoms with Crippen molar-refractivity contribution in [2.24, 2.45) is 23.2 Å². The fourth-order valence-electron chi connectivity index (χ4n) is 8.04. The molecule has 3 aliphatic rings. The SMILES string of the molecule is C=C1/C(=C\C=C2/CCC[C@@]3(C)C2CC[C@@H]3[C@H](C)C=O)C[C@@H](O[Si](C)(C)CCCC)C[C@@H]1O[Si](C)(C)CCCC. The van der Waals surface area contributed by atoms with Crippen molar-refractivity contribution in [3.8, 4) is 0 Å². The Bertz CT molecular complexity index is 904. The van der Waals surface area contributed by atoms with Crippen molar-refractivity contribution in [3.63, 3.8) is 0 Å². The number of aldehydes is 1.